The molecule has 2 aromatic rings. The Morgan fingerprint density at radius 3 is 2.58 bits per heavy atom. The Morgan fingerprint density at radius 1 is 1.26 bits per heavy atom. The molecule has 3 nitrogen and oxygen atoms in total. The second-order valence-corrected chi connectivity index (χ2v) is 5.06. The lowest BCUT2D eigenvalue weighted by molar-refractivity contribution is 0.416. The summed E-state index contributed by atoms with van der Waals surface area (Å²) in [6, 6.07) is 3.70. The average molecular weight is 280 g/mol. The third-order valence-corrected chi connectivity index (χ3v) is 3.67. The predicted molar refractivity (Wildman–Crippen MR) is 70.0 cm³/mol. The molecule has 1 fully saturated rings. The lowest BCUT2D eigenvalue weighted by Crippen LogP contribution is -2.00. The Balaban J connectivity index is 2.02. The number of aromatic nitrogens is 1. The Hall–Kier alpha value is -1.95. The van der Waals surface area contributed by atoms with Gasteiger partial charge in [0.15, 0.2) is 11.7 Å². The van der Waals surface area contributed by atoms with Crippen LogP contribution in [0.5, 0.6) is 0 Å². The molecule has 0 aliphatic heterocycles. The lowest BCUT2D eigenvalue weighted by atomic mass is 10.1. The molecule has 98 valence electrons. The van der Waals surface area contributed by atoms with Crippen molar-refractivity contribution < 1.29 is 13.9 Å². The molecule has 0 spiro atoms. The third kappa shape index (κ3) is 2.31. The highest BCUT2D eigenvalue weighted by Gasteiger charge is 2.21. The van der Waals surface area contributed by atoms with E-state index in [4.69, 9.17) is 0 Å². The highest BCUT2D eigenvalue weighted by atomic mass is 32.1. The normalized spacial score (nSPS) is 13.5. The number of hydrogen-bond acceptors (Lipinski definition) is 4. The molecular weight excluding hydrogens is 270 g/mol. The van der Waals surface area contributed by atoms with E-state index in [0.29, 0.717) is 4.88 Å². The van der Waals surface area contributed by atoms with Gasteiger partial charge in [-0.25, -0.2) is 13.8 Å². The highest BCUT2D eigenvalue weighted by molar-refractivity contribution is 7.13. The van der Waals surface area contributed by atoms with E-state index >= 15 is 0 Å². The van der Waals surface area contributed by atoms with Crippen LogP contribution in [0.25, 0.3) is 10.4 Å². The van der Waals surface area contributed by atoms with Gasteiger partial charge < -0.3 is 10.4 Å². The number of allylic oxidation sites excluding steroid dienone is 1. The van der Waals surface area contributed by atoms with Crippen molar-refractivity contribution in [3.63, 3.8) is 0 Å². The molecule has 0 unspecified atom stereocenters. The number of nitrogens with zero attached hydrogens (tertiary/aromatic N) is 1. The van der Waals surface area contributed by atoms with E-state index < -0.39 is 11.6 Å². The van der Waals surface area contributed by atoms with Gasteiger partial charge in [-0.1, -0.05) is 6.07 Å². The van der Waals surface area contributed by atoms with Crippen molar-refractivity contribution in [2.45, 2.75) is 12.8 Å². The maximum atomic E-state index is 13.7. The average Bonchev–Trinajstić information content (AvgIpc) is 3.13. The summed E-state index contributed by atoms with van der Waals surface area (Å²) < 4.78 is 27.5. The molecule has 6 heteroatoms. The number of thiazole rings is 1. The maximum absolute atomic E-state index is 13.7. The zero-order valence-electron chi connectivity index (χ0n) is 9.78. The van der Waals surface area contributed by atoms with Crippen molar-refractivity contribution in [1.82, 2.24) is 4.98 Å². The number of rotatable bonds is 3. The van der Waals surface area contributed by atoms with E-state index in [2.05, 4.69) is 10.3 Å². The van der Waals surface area contributed by atoms with Crippen LogP contribution in [-0.4, -0.2) is 10.1 Å². The maximum Gasteiger partial charge on any atom is 0.188 e. The van der Waals surface area contributed by atoms with Gasteiger partial charge >= 0.3 is 0 Å². The standard InChI is InChI=1S/C13H10F2N2OS/c14-8-2-1-3-9(15)10(8)11-12(16-6-19-11)17-13(18)7-4-5-7/h1-3,6,17-18H,4-5H2. The van der Waals surface area contributed by atoms with Crippen LogP contribution in [-0.2, 0) is 0 Å². The van der Waals surface area contributed by atoms with Gasteiger partial charge in [-0.05, 0) is 30.5 Å². The van der Waals surface area contributed by atoms with Crippen LogP contribution < -0.4 is 5.32 Å². The largest absolute Gasteiger partial charge is 0.495 e. The summed E-state index contributed by atoms with van der Waals surface area (Å²) in [6.07, 6.45) is 1.68. The van der Waals surface area contributed by atoms with Gasteiger partial charge in [0, 0.05) is 0 Å². The van der Waals surface area contributed by atoms with Crippen LogP contribution in [0.4, 0.5) is 14.6 Å². The molecule has 0 bridgehead atoms. The van der Waals surface area contributed by atoms with E-state index in [1.54, 1.807) is 0 Å². The molecule has 19 heavy (non-hydrogen) atoms. The van der Waals surface area contributed by atoms with Crippen LogP contribution in [0.2, 0.25) is 0 Å². The monoisotopic (exact) mass is 280 g/mol. The fourth-order valence-electron chi connectivity index (χ4n) is 1.73. The van der Waals surface area contributed by atoms with E-state index in [-0.39, 0.29) is 17.3 Å². The summed E-state index contributed by atoms with van der Waals surface area (Å²) in [5.41, 5.74) is 2.25. The summed E-state index contributed by atoms with van der Waals surface area (Å²) in [7, 11) is 0. The molecule has 1 heterocycles. The number of anilines is 1. The zero-order valence-corrected chi connectivity index (χ0v) is 10.6. The molecular formula is C13H10F2N2OS. The van der Waals surface area contributed by atoms with Crippen LogP contribution in [0.3, 0.4) is 0 Å². The molecule has 1 aromatic heterocycles. The van der Waals surface area contributed by atoms with E-state index in [9.17, 15) is 13.9 Å². The van der Waals surface area contributed by atoms with Crippen LogP contribution in [0.15, 0.2) is 35.2 Å². The summed E-state index contributed by atoms with van der Waals surface area (Å²) in [4.78, 5) is 4.34. The van der Waals surface area contributed by atoms with E-state index in [0.717, 1.165) is 29.8 Å². The minimum absolute atomic E-state index is 0.0314. The Bertz CT molecular complexity index is 640. The number of aliphatic hydroxyl groups is 1. The number of hydrogen-bond donors (Lipinski definition) is 2. The van der Waals surface area contributed by atoms with Gasteiger partial charge in [-0.15, -0.1) is 11.3 Å². The number of aliphatic hydroxyl groups excluding tert-OH is 1. The van der Waals surface area contributed by atoms with Crippen LogP contribution >= 0.6 is 11.3 Å². The van der Waals surface area contributed by atoms with E-state index in [1.165, 1.54) is 23.7 Å². The zero-order chi connectivity index (χ0) is 13.4. The minimum atomic E-state index is -0.647. The fraction of sp³-hybridized carbons (Fsp3) is 0.154. The van der Waals surface area contributed by atoms with Gasteiger partial charge in [0.05, 0.1) is 16.0 Å². The van der Waals surface area contributed by atoms with Crippen molar-refractivity contribution in [2.75, 3.05) is 5.32 Å². The van der Waals surface area contributed by atoms with Gasteiger partial charge in [0.2, 0.25) is 0 Å². The van der Waals surface area contributed by atoms with Crippen molar-refractivity contribution >= 4 is 17.2 Å². The van der Waals surface area contributed by atoms with Gasteiger partial charge in [-0.3, -0.25) is 0 Å². The number of halogens is 2. The van der Waals surface area contributed by atoms with Crippen molar-refractivity contribution in [3.8, 4) is 10.4 Å². The summed E-state index contributed by atoms with van der Waals surface area (Å²) >= 11 is 1.12. The first-order chi connectivity index (χ1) is 9.16. The first-order valence-electron chi connectivity index (χ1n) is 5.72. The quantitative estimate of drug-likeness (QED) is 0.833. The second-order valence-electron chi connectivity index (χ2n) is 4.20. The molecule has 0 atom stereocenters. The molecule has 0 amide bonds. The topological polar surface area (TPSA) is 45.1 Å². The Morgan fingerprint density at radius 2 is 1.95 bits per heavy atom. The molecule has 0 radical (unpaired) electrons. The lowest BCUT2D eigenvalue weighted by Gasteiger charge is -2.07. The van der Waals surface area contributed by atoms with Crippen LogP contribution in [0, 0.1) is 11.6 Å². The SMILES string of the molecule is OC(Nc1ncsc1-c1c(F)cccc1F)=C1CC1. The first kappa shape index (κ1) is 12.1. The second kappa shape index (κ2) is 4.62. The smallest absolute Gasteiger partial charge is 0.188 e. The molecule has 1 saturated carbocycles. The van der Waals surface area contributed by atoms with Crippen molar-refractivity contribution in [3.05, 3.63) is 46.8 Å². The number of nitrogens with one attached hydrogen (secondary N) is 1. The van der Waals surface area contributed by atoms with Gasteiger partial charge in [-0.2, -0.15) is 0 Å². The fourth-order valence-corrected chi connectivity index (χ4v) is 2.52. The minimum Gasteiger partial charge on any atom is -0.495 e. The van der Waals surface area contributed by atoms with E-state index in [1.807, 2.05) is 0 Å². The number of benzene rings is 1. The molecule has 3 rings (SSSR count). The van der Waals surface area contributed by atoms with Gasteiger partial charge in [0.1, 0.15) is 11.6 Å². The third-order valence-electron chi connectivity index (χ3n) is 2.83. The molecule has 2 N–H and O–H groups in total. The van der Waals surface area contributed by atoms with Crippen molar-refractivity contribution in [2.24, 2.45) is 0 Å². The summed E-state index contributed by atoms with van der Waals surface area (Å²) in [5, 5.41) is 12.4. The summed E-state index contributed by atoms with van der Waals surface area (Å²) in [6.45, 7) is 0. The predicted octanol–water partition coefficient (Wildman–Crippen LogP) is 4.06. The Labute approximate surface area is 112 Å². The molecule has 1 aliphatic carbocycles. The van der Waals surface area contributed by atoms with Gasteiger partial charge in [0.25, 0.3) is 0 Å². The molecule has 1 aromatic carbocycles. The molecule has 1 aliphatic rings. The summed E-state index contributed by atoms with van der Waals surface area (Å²) in [5.74, 6) is -0.994. The first-order valence-corrected chi connectivity index (χ1v) is 6.60. The van der Waals surface area contributed by atoms with Crippen LogP contribution in [0.1, 0.15) is 12.8 Å². The molecule has 0 saturated heterocycles. The highest BCUT2D eigenvalue weighted by Crippen LogP contribution is 2.37. The Kier molecular flexibility index (Phi) is 2.94. The van der Waals surface area contributed by atoms with Crippen molar-refractivity contribution in [1.29, 1.82) is 0 Å².